The van der Waals surface area contributed by atoms with Crippen LogP contribution >= 0.6 is 11.8 Å². The Kier molecular flexibility index (Phi) is 35.7. The molecule has 0 bridgehead atoms. The van der Waals surface area contributed by atoms with Crippen LogP contribution in [0, 0.1) is 0 Å². The summed E-state index contributed by atoms with van der Waals surface area (Å²) in [6, 6.07) is 0. The van der Waals surface area contributed by atoms with E-state index in [-0.39, 0.29) is 0 Å². The van der Waals surface area contributed by atoms with Gasteiger partial charge in [-0.2, -0.15) is 11.8 Å². The van der Waals surface area contributed by atoms with Gasteiger partial charge in [-0.3, -0.25) is 0 Å². The molecular weight excluding hydrogens is 452 g/mol. The molecule has 0 N–H and O–H groups in total. The highest BCUT2D eigenvalue weighted by Gasteiger charge is 1.97. The van der Waals surface area contributed by atoms with Gasteiger partial charge in [0.1, 0.15) is 0 Å². The molecule has 0 aliphatic heterocycles. The van der Waals surface area contributed by atoms with Crippen molar-refractivity contribution < 1.29 is 0 Å². The van der Waals surface area contributed by atoms with Gasteiger partial charge in [-0.05, 0) is 24.3 Å². The zero-order chi connectivity index (χ0) is 26.0. The van der Waals surface area contributed by atoms with Crippen LogP contribution in [-0.2, 0) is 0 Å². The Morgan fingerprint density at radius 2 is 0.389 bits per heavy atom. The second-order valence-corrected chi connectivity index (χ2v) is 13.1. The molecule has 0 aliphatic rings. The molecule has 0 saturated heterocycles. The number of hydrogen-bond donors (Lipinski definition) is 0. The van der Waals surface area contributed by atoms with E-state index < -0.39 is 0 Å². The van der Waals surface area contributed by atoms with Crippen molar-refractivity contribution in [2.75, 3.05) is 11.5 Å². The van der Waals surface area contributed by atoms with Gasteiger partial charge in [0.05, 0.1) is 0 Å². The highest BCUT2D eigenvalue weighted by molar-refractivity contribution is 7.99. The summed E-state index contributed by atoms with van der Waals surface area (Å²) in [5, 5.41) is 0. The van der Waals surface area contributed by atoms with Crippen LogP contribution in [0.4, 0.5) is 0 Å². The smallest absolute Gasteiger partial charge is 0.00675 e. The highest BCUT2D eigenvalue weighted by atomic mass is 32.2. The second kappa shape index (κ2) is 35.4. The molecule has 0 rings (SSSR count). The molecule has 0 spiro atoms. The Morgan fingerprint density at radius 1 is 0.222 bits per heavy atom. The third-order valence-corrected chi connectivity index (χ3v) is 9.19. The van der Waals surface area contributed by atoms with Crippen molar-refractivity contribution in [3.8, 4) is 0 Å². The van der Waals surface area contributed by atoms with Gasteiger partial charge in [-0.25, -0.2) is 0 Å². The number of rotatable bonds is 33. The SMILES string of the molecule is CCCCCCCCCCCCCCCCCCCCSCCCCCCCCCCCCCCC. The van der Waals surface area contributed by atoms with Gasteiger partial charge in [-0.15, -0.1) is 0 Å². The first-order valence-corrected chi connectivity index (χ1v) is 18.6. The first kappa shape index (κ1) is 36.4. The second-order valence-electron chi connectivity index (χ2n) is 11.9. The molecule has 0 saturated carbocycles. The van der Waals surface area contributed by atoms with Crippen molar-refractivity contribution >= 4 is 11.8 Å². The minimum Gasteiger partial charge on any atom is -0.162 e. The van der Waals surface area contributed by atoms with E-state index in [9.17, 15) is 0 Å². The summed E-state index contributed by atoms with van der Waals surface area (Å²) in [5.41, 5.74) is 0. The Morgan fingerprint density at radius 3 is 0.583 bits per heavy atom. The van der Waals surface area contributed by atoms with Crippen LogP contribution in [0.5, 0.6) is 0 Å². The number of hydrogen-bond acceptors (Lipinski definition) is 1. The molecule has 0 aromatic rings. The molecule has 0 unspecified atom stereocenters. The van der Waals surface area contributed by atoms with E-state index in [4.69, 9.17) is 0 Å². The third kappa shape index (κ3) is 34.4. The average molecular weight is 525 g/mol. The zero-order valence-electron chi connectivity index (χ0n) is 25.7. The van der Waals surface area contributed by atoms with Crippen molar-refractivity contribution in [2.24, 2.45) is 0 Å². The maximum Gasteiger partial charge on any atom is -0.00675 e. The maximum absolute atomic E-state index is 2.31. The molecule has 0 atom stereocenters. The summed E-state index contributed by atoms with van der Waals surface area (Å²) in [5.74, 6) is 2.83. The Hall–Kier alpha value is 0.350. The molecule has 0 aliphatic carbocycles. The first-order valence-electron chi connectivity index (χ1n) is 17.5. The minimum atomic E-state index is 1.37. The lowest BCUT2D eigenvalue weighted by Crippen LogP contribution is -1.87. The summed E-state index contributed by atoms with van der Waals surface area (Å²) in [4.78, 5) is 0. The molecule has 0 aromatic heterocycles. The zero-order valence-corrected chi connectivity index (χ0v) is 26.6. The molecule has 0 heterocycles. The molecule has 0 fully saturated rings. The van der Waals surface area contributed by atoms with Gasteiger partial charge in [0, 0.05) is 0 Å². The first-order chi connectivity index (χ1) is 17.9. The van der Waals surface area contributed by atoms with Crippen molar-refractivity contribution in [2.45, 2.75) is 213 Å². The van der Waals surface area contributed by atoms with E-state index in [2.05, 4.69) is 25.6 Å². The normalized spacial score (nSPS) is 11.5. The van der Waals surface area contributed by atoms with Crippen LogP contribution in [0.2, 0.25) is 0 Å². The molecule has 0 radical (unpaired) electrons. The molecule has 36 heavy (non-hydrogen) atoms. The highest BCUT2D eigenvalue weighted by Crippen LogP contribution is 2.16. The standard InChI is InChI=1S/C35H72S/c1-3-5-7-9-11-13-15-17-18-19-20-21-23-25-27-29-31-33-35-36-34-32-30-28-26-24-22-16-14-12-10-8-6-4-2/h3-35H2,1-2H3. The Balaban J connectivity index is 3.00. The average Bonchev–Trinajstić information content (AvgIpc) is 2.89. The summed E-state index contributed by atoms with van der Waals surface area (Å²) in [6.07, 6.45) is 45.7. The maximum atomic E-state index is 2.31. The lowest BCUT2D eigenvalue weighted by Gasteiger charge is -2.05. The van der Waals surface area contributed by atoms with E-state index in [1.807, 2.05) is 0 Å². The number of thioether (sulfide) groups is 1. The molecule has 0 nitrogen and oxygen atoms in total. The van der Waals surface area contributed by atoms with Gasteiger partial charge < -0.3 is 0 Å². The fraction of sp³-hybridized carbons (Fsp3) is 1.00. The molecule has 1 heteroatoms. The van der Waals surface area contributed by atoms with Gasteiger partial charge in [0.2, 0.25) is 0 Å². The van der Waals surface area contributed by atoms with E-state index in [1.54, 1.807) is 0 Å². The topological polar surface area (TPSA) is 0 Å². The monoisotopic (exact) mass is 525 g/mol. The quantitative estimate of drug-likeness (QED) is 0.0769. The van der Waals surface area contributed by atoms with Gasteiger partial charge >= 0.3 is 0 Å². The van der Waals surface area contributed by atoms with E-state index in [0.29, 0.717) is 0 Å². The third-order valence-electron chi connectivity index (χ3n) is 8.03. The van der Waals surface area contributed by atoms with Gasteiger partial charge in [0.15, 0.2) is 0 Å². The molecular formula is C35H72S. The van der Waals surface area contributed by atoms with Crippen LogP contribution in [0.3, 0.4) is 0 Å². The molecule has 0 amide bonds. The minimum absolute atomic E-state index is 1.37. The van der Waals surface area contributed by atoms with E-state index >= 15 is 0 Å². The number of unbranched alkanes of at least 4 members (excludes halogenated alkanes) is 29. The van der Waals surface area contributed by atoms with Gasteiger partial charge in [-0.1, -0.05) is 200 Å². The molecule has 218 valence electrons. The summed E-state index contributed by atoms with van der Waals surface area (Å²) in [7, 11) is 0. The van der Waals surface area contributed by atoms with Crippen LogP contribution in [-0.4, -0.2) is 11.5 Å². The van der Waals surface area contributed by atoms with Crippen molar-refractivity contribution in [1.82, 2.24) is 0 Å². The van der Waals surface area contributed by atoms with E-state index in [0.717, 1.165) is 0 Å². The fourth-order valence-electron chi connectivity index (χ4n) is 5.43. The summed E-state index contributed by atoms with van der Waals surface area (Å²) >= 11 is 2.22. The largest absolute Gasteiger partial charge is 0.162 e. The van der Waals surface area contributed by atoms with Crippen molar-refractivity contribution in [3.63, 3.8) is 0 Å². The van der Waals surface area contributed by atoms with Crippen LogP contribution in [0.25, 0.3) is 0 Å². The summed E-state index contributed by atoms with van der Waals surface area (Å²) < 4.78 is 0. The van der Waals surface area contributed by atoms with E-state index in [1.165, 1.54) is 211 Å². The van der Waals surface area contributed by atoms with Crippen LogP contribution in [0.15, 0.2) is 0 Å². The lowest BCUT2D eigenvalue weighted by molar-refractivity contribution is 0.526. The van der Waals surface area contributed by atoms with Gasteiger partial charge in [0.25, 0.3) is 0 Å². The van der Waals surface area contributed by atoms with Crippen molar-refractivity contribution in [3.05, 3.63) is 0 Å². The lowest BCUT2D eigenvalue weighted by atomic mass is 10.0. The van der Waals surface area contributed by atoms with Crippen LogP contribution in [0.1, 0.15) is 213 Å². The van der Waals surface area contributed by atoms with Crippen molar-refractivity contribution in [1.29, 1.82) is 0 Å². The Bertz CT molecular complexity index is 319. The predicted molar refractivity (Wildman–Crippen MR) is 172 cm³/mol. The Labute approximate surface area is 235 Å². The molecule has 0 aromatic carbocycles. The summed E-state index contributed by atoms with van der Waals surface area (Å²) in [6.45, 7) is 4.61. The predicted octanol–water partition coefficient (Wildman–Crippen LogP) is 13.9. The van der Waals surface area contributed by atoms with Crippen LogP contribution < -0.4 is 0 Å². The fourth-order valence-corrected chi connectivity index (χ4v) is 6.45.